The second-order valence-electron chi connectivity index (χ2n) is 5.90. The Balaban J connectivity index is 1.93. The molecule has 0 amide bonds. The molecule has 0 bridgehead atoms. The number of hydrogen-bond acceptors (Lipinski definition) is 2. The van der Waals surface area contributed by atoms with Crippen molar-refractivity contribution in [1.29, 1.82) is 0 Å². The van der Waals surface area contributed by atoms with Crippen LogP contribution in [0.5, 0.6) is 11.5 Å². The van der Waals surface area contributed by atoms with Gasteiger partial charge in [-0.05, 0) is 49.4 Å². The SMILES string of the molecule is CNCc1cc(-c2ccc(C)cc2)ccc1Oc1ccc(Cl)c(Cl)c1. The summed E-state index contributed by atoms with van der Waals surface area (Å²) in [6, 6.07) is 20.0. The third-order valence-electron chi connectivity index (χ3n) is 3.93. The fourth-order valence-corrected chi connectivity index (χ4v) is 2.89. The third-order valence-corrected chi connectivity index (χ3v) is 4.67. The van der Waals surface area contributed by atoms with Crippen molar-refractivity contribution < 1.29 is 4.74 Å². The molecule has 0 radical (unpaired) electrons. The summed E-state index contributed by atoms with van der Waals surface area (Å²) in [5.41, 5.74) is 4.67. The van der Waals surface area contributed by atoms with Crippen LogP contribution in [0.4, 0.5) is 0 Å². The molecule has 2 nitrogen and oxygen atoms in total. The van der Waals surface area contributed by atoms with Crippen molar-refractivity contribution in [1.82, 2.24) is 5.32 Å². The molecule has 0 heterocycles. The first-order valence-corrected chi connectivity index (χ1v) is 8.80. The van der Waals surface area contributed by atoms with Crippen molar-refractivity contribution in [2.24, 2.45) is 0 Å². The molecule has 0 aliphatic heterocycles. The van der Waals surface area contributed by atoms with Crippen LogP contribution >= 0.6 is 23.2 Å². The van der Waals surface area contributed by atoms with Gasteiger partial charge in [0.15, 0.2) is 0 Å². The maximum absolute atomic E-state index is 6.07. The maximum Gasteiger partial charge on any atom is 0.131 e. The van der Waals surface area contributed by atoms with Crippen LogP contribution in [0.25, 0.3) is 11.1 Å². The van der Waals surface area contributed by atoms with Crippen LogP contribution in [0.3, 0.4) is 0 Å². The van der Waals surface area contributed by atoms with Gasteiger partial charge < -0.3 is 10.1 Å². The van der Waals surface area contributed by atoms with Gasteiger partial charge in [0.25, 0.3) is 0 Å². The molecule has 0 aliphatic rings. The topological polar surface area (TPSA) is 21.3 Å². The van der Waals surface area contributed by atoms with Crippen LogP contribution in [0, 0.1) is 6.92 Å². The van der Waals surface area contributed by atoms with Crippen molar-refractivity contribution in [2.45, 2.75) is 13.5 Å². The Morgan fingerprint density at radius 1 is 0.840 bits per heavy atom. The summed E-state index contributed by atoms with van der Waals surface area (Å²) in [5, 5.41) is 4.18. The Morgan fingerprint density at radius 2 is 1.56 bits per heavy atom. The number of aryl methyl sites for hydroxylation is 1. The van der Waals surface area contributed by atoms with Crippen molar-refractivity contribution in [2.75, 3.05) is 7.05 Å². The van der Waals surface area contributed by atoms with Gasteiger partial charge in [0.05, 0.1) is 10.0 Å². The molecule has 0 saturated carbocycles. The van der Waals surface area contributed by atoms with Crippen LogP contribution in [0.1, 0.15) is 11.1 Å². The molecule has 0 aliphatic carbocycles. The highest BCUT2D eigenvalue weighted by molar-refractivity contribution is 6.42. The zero-order valence-electron chi connectivity index (χ0n) is 14.1. The molecule has 0 unspecified atom stereocenters. The Bertz CT molecular complexity index is 876. The van der Waals surface area contributed by atoms with Crippen LogP contribution < -0.4 is 10.1 Å². The number of benzene rings is 3. The average molecular weight is 372 g/mol. The highest BCUT2D eigenvalue weighted by Crippen LogP contribution is 2.33. The lowest BCUT2D eigenvalue weighted by atomic mass is 10.0. The highest BCUT2D eigenvalue weighted by Gasteiger charge is 2.09. The summed E-state index contributed by atoms with van der Waals surface area (Å²) in [5.74, 6) is 1.46. The van der Waals surface area contributed by atoms with Gasteiger partial charge in [0.1, 0.15) is 11.5 Å². The lowest BCUT2D eigenvalue weighted by Crippen LogP contribution is -2.06. The van der Waals surface area contributed by atoms with E-state index in [1.807, 2.05) is 19.2 Å². The standard InChI is InChI=1S/C21H19Cl2NO/c1-14-3-5-15(6-4-14)16-7-10-21(17(11-16)13-24-2)25-18-8-9-19(22)20(23)12-18/h3-12,24H,13H2,1-2H3. The van der Waals surface area contributed by atoms with Gasteiger partial charge >= 0.3 is 0 Å². The first kappa shape index (κ1) is 17.8. The quantitative estimate of drug-likeness (QED) is 0.553. The number of hydrogen-bond donors (Lipinski definition) is 1. The van der Waals surface area contributed by atoms with E-state index in [9.17, 15) is 0 Å². The summed E-state index contributed by atoms with van der Waals surface area (Å²) < 4.78 is 6.02. The van der Waals surface area contributed by atoms with Gasteiger partial charge in [-0.15, -0.1) is 0 Å². The van der Waals surface area contributed by atoms with Crippen LogP contribution in [0.2, 0.25) is 10.0 Å². The average Bonchev–Trinajstić information content (AvgIpc) is 2.60. The number of ether oxygens (including phenoxy) is 1. The molecule has 0 saturated heterocycles. The van der Waals surface area contributed by atoms with Gasteiger partial charge in [-0.2, -0.15) is 0 Å². The van der Waals surface area contributed by atoms with E-state index in [1.54, 1.807) is 12.1 Å². The molecule has 1 N–H and O–H groups in total. The van der Waals surface area contributed by atoms with Crippen LogP contribution in [-0.2, 0) is 6.54 Å². The van der Waals surface area contributed by atoms with Gasteiger partial charge in [-0.3, -0.25) is 0 Å². The minimum atomic E-state index is 0.477. The minimum absolute atomic E-state index is 0.477. The normalized spacial score (nSPS) is 10.7. The van der Waals surface area contributed by atoms with E-state index >= 15 is 0 Å². The smallest absolute Gasteiger partial charge is 0.131 e. The summed E-state index contributed by atoms with van der Waals surface area (Å²) >= 11 is 12.0. The van der Waals surface area contributed by atoms with E-state index in [4.69, 9.17) is 27.9 Å². The van der Waals surface area contributed by atoms with Crippen molar-refractivity contribution >= 4 is 23.2 Å². The third kappa shape index (κ3) is 4.35. The molecule has 0 atom stereocenters. The van der Waals surface area contributed by atoms with E-state index in [0.717, 1.165) is 16.9 Å². The zero-order valence-corrected chi connectivity index (χ0v) is 15.7. The fourth-order valence-electron chi connectivity index (χ4n) is 2.60. The Morgan fingerprint density at radius 3 is 2.24 bits per heavy atom. The monoisotopic (exact) mass is 371 g/mol. The molecule has 128 valence electrons. The van der Waals surface area contributed by atoms with Crippen LogP contribution in [-0.4, -0.2) is 7.05 Å². The second-order valence-corrected chi connectivity index (χ2v) is 6.71. The molecule has 0 fully saturated rings. The van der Waals surface area contributed by atoms with Gasteiger partial charge in [-0.1, -0.05) is 59.1 Å². The lowest BCUT2D eigenvalue weighted by molar-refractivity contribution is 0.474. The Labute approximate surface area is 158 Å². The van der Waals surface area contributed by atoms with E-state index in [-0.39, 0.29) is 0 Å². The number of halogens is 2. The minimum Gasteiger partial charge on any atom is -0.457 e. The summed E-state index contributed by atoms with van der Waals surface area (Å²) in [6.45, 7) is 2.79. The largest absolute Gasteiger partial charge is 0.457 e. The van der Waals surface area contributed by atoms with Gasteiger partial charge in [-0.25, -0.2) is 0 Å². The summed E-state index contributed by atoms with van der Waals surface area (Å²) in [7, 11) is 1.92. The number of nitrogens with one attached hydrogen (secondary N) is 1. The molecular formula is C21H19Cl2NO. The first-order chi connectivity index (χ1) is 12.1. The first-order valence-electron chi connectivity index (χ1n) is 8.04. The maximum atomic E-state index is 6.07. The fraction of sp³-hybridized carbons (Fsp3) is 0.143. The predicted molar refractivity (Wildman–Crippen MR) is 106 cm³/mol. The van der Waals surface area contributed by atoms with Gasteiger partial charge in [0.2, 0.25) is 0 Å². The molecule has 3 aromatic rings. The highest BCUT2D eigenvalue weighted by atomic mass is 35.5. The van der Waals surface area contributed by atoms with Crippen molar-refractivity contribution in [3.63, 3.8) is 0 Å². The summed E-state index contributed by atoms with van der Waals surface area (Å²) in [6.07, 6.45) is 0. The molecule has 0 spiro atoms. The van der Waals surface area contributed by atoms with E-state index in [1.165, 1.54) is 11.1 Å². The van der Waals surface area contributed by atoms with E-state index in [0.29, 0.717) is 22.3 Å². The summed E-state index contributed by atoms with van der Waals surface area (Å²) in [4.78, 5) is 0. The second kappa shape index (κ2) is 7.92. The van der Waals surface area contributed by atoms with E-state index in [2.05, 4.69) is 48.6 Å². The van der Waals surface area contributed by atoms with E-state index < -0.39 is 0 Å². The predicted octanol–water partition coefficient (Wildman–Crippen LogP) is 6.48. The molecule has 3 aromatic carbocycles. The zero-order chi connectivity index (χ0) is 17.8. The molecule has 3 rings (SSSR count). The van der Waals surface area contributed by atoms with Crippen LogP contribution in [0.15, 0.2) is 60.7 Å². The molecule has 0 aromatic heterocycles. The lowest BCUT2D eigenvalue weighted by Gasteiger charge is -2.14. The molecular weight excluding hydrogens is 353 g/mol. The van der Waals surface area contributed by atoms with Crippen molar-refractivity contribution in [3.8, 4) is 22.6 Å². The van der Waals surface area contributed by atoms with Gasteiger partial charge in [0, 0.05) is 18.2 Å². The Hall–Kier alpha value is -2.00. The number of rotatable bonds is 5. The molecule has 4 heteroatoms. The molecule has 25 heavy (non-hydrogen) atoms. The van der Waals surface area contributed by atoms with Crippen molar-refractivity contribution in [3.05, 3.63) is 81.8 Å². The Kier molecular flexibility index (Phi) is 5.64.